The van der Waals surface area contributed by atoms with Gasteiger partial charge in [-0.15, -0.1) is 0 Å². The van der Waals surface area contributed by atoms with Crippen molar-refractivity contribution < 1.29 is 4.39 Å². The molecular formula is C12H18FNS. The van der Waals surface area contributed by atoms with Crippen LogP contribution >= 0.6 is 11.8 Å². The molecule has 1 rings (SSSR count). The highest BCUT2D eigenvalue weighted by atomic mass is 32.2. The summed E-state index contributed by atoms with van der Waals surface area (Å²) >= 11 is 1.87. The van der Waals surface area contributed by atoms with Crippen molar-refractivity contribution in [3.63, 3.8) is 0 Å². The number of hydrogen-bond acceptors (Lipinski definition) is 2. The summed E-state index contributed by atoms with van der Waals surface area (Å²) in [6.45, 7) is 7.34. The molecule has 0 aliphatic carbocycles. The van der Waals surface area contributed by atoms with Crippen molar-refractivity contribution in [3.05, 3.63) is 30.1 Å². The van der Waals surface area contributed by atoms with Crippen molar-refractivity contribution >= 4 is 17.4 Å². The van der Waals surface area contributed by atoms with E-state index in [1.165, 1.54) is 6.07 Å². The smallest absolute Gasteiger partial charge is 0.146 e. The SMILES string of the molecule is CC(C)(C)SCCNc1ccccc1F. The summed E-state index contributed by atoms with van der Waals surface area (Å²) in [7, 11) is 0. The summed E-state index contributed by atoms with van der Waals surface area (Å²) in [5.74, 6) is 0.802. The molecule has 1 aromatic rings. The maximum absolute atomic E-state index is 13.2. The van der Waals surface area contributed by atoms with Gasteiger partial charge in [-0.3, -0.25) is 0 Å². The zero-order chi connectivity index (χ0) is 11.3. The molecule has 0 saturated carbocycles. The van der Waals surface area contributed by atoms with Crippen molar-refractivity contribution in [3.8, 4) is 0 Å². The molecule has 1 aromatic carbocycles. The largest absolute Gasteiger partial charge is 0.382 e. The van der Waals surface area contributed by atoms with Gasteiger partial charge in [-0.2, -0.15) is 11.8 Å². The molecule has 0 saturated heterocycles. The second-order valence-electron chi connectivity index (χ2n) is 4.37. The van der Waals surface area contributed by atoms with Crippen molar-refractivity contribution in [1.82, 2.24) is 0 Å². The molecule has 1 N–H and O–H groups in total. The van der Waals surface area contributed by atoms with Crippen LogP contribution < -0.4 is 5.32 Å². The van der Waals surface area contributed by atoms with E-state index in [4.69, 9.17) is 0 Å². The Morgan fingerprint density at radius 3 is 2.53 bits per heavy atom. The Hall–Kier alpha value is -0.700. The van der Waals surface area contributed by atoms with Crippen LogP contribution in [0, 0.1) is 5.82 Å². The normalized spacial score (nSPS) is 11.5. The summed E-state index contributed by atoms with van der Waals surface area (Å²) < 4.78 is 13.5. The number of nitrogens with one attached hydrogen (secondary N) is 1. The number of rotatable bonds is 4. The fraction of sp³-hybridized carbons (Fsp3) is 0.500. The van der Waals surface area contributed by atoms with Gasteiger partial charge in [0.25, 0.3) is 0 Å². The van der Waals surface area contributed by atoms with Crippen LogP contribution in [0.3, 0.4) is 0 Å². The molecule has 0 unspecified atom stereocenters. The lowest BCUT2D eigenvalue weighted by atomic mass is 10.3. The molecule has 0 bridgehead atoms. The molecule has 0 heterocycles. The van der Waals surface area contributed by atoms with Crippen molar-refractivity contribution in [2.24, 2.45) is 0 Å². The first-order valence-corrected chi connectivity index (χ1v) is 6.10. The summed E-state index contributed by atoms with van der Waals surface area (Å²) in [5, 5.41) is 3.09. The highest BCUT2D eigenvalue weighted by molar-refractivity contribution is 8.00. The average molecular weight is 227 g/mol. The van der Waals surface area contributed by atoms with Crippen LogP contribution in [0.25, 0.3) is 0 Å². The van der Waals surface area contributed by atoms with Crippen LogP contribution in [-0.4, -0.2) is 17.0 Å². The summed E-state index contributed by atoms with van der Waals surface area (Å²) in [6.07, 6.45) is 0. The Kier molecular flexibility index (Phi) is 4.45. The van der Waals surface area contributed by atoms with Crippen molar-refractivity contribution in [2.75, 3.05) is 17.6 Å². The Morgan fingerprint density at radius 1 is 1.27 bits per heavy atom. The van der Waals surface area contributed by atoms with E-state index in [1.54, 1.807) is 12.1 Å². The summed E-state index contributed by atoms with van der Waals surface area (Å²) in [5.41, 5.74) is 0.590. The van der Waals surface area contributed by atoms with Gasteiger partial charge in [-0.25, -0.2) is 4.39 Å². The van der Waals surface area contributed by atoms with Crippen LogP contribution in [0.4, 0.5) is 10.1 Å². The molecular weight excluding hydrogens is 209 g/mol. The third-order valence-electron chi connectivity index (χ3n) is 1.83. The number of benzene rings is 1. The van der Waals surface area contributed by atoms with Gasteiger partial charge in [-0.05, 0) is 12.1 Å². The van der Waals surface area contributed by atoms with E-state index in [0.717, 1.165) is 12.3 Å². The topological polar surface area (TPSA) is 12.0 Å². The first kappa shape index (κ1) is 12.4. The van der Waals surface area contributed by atoms with E-state index in [0.29, 0.717) is 5.69 Å². The third-order valence-corrected chi connectivity index (χ3v) is 3.10. The molecule has 1 nitrogen and oxygen atoms in total. The lowest BCUT2D eigenvalue weighted by molar-refractivity contribution is 0.630. The molecule has 3 heteroatoms. The molecule has 0 aliphatic heterocycles. The fourth-order valence-electron chi connectivity index (χ4n) is 1.15. The second-order valence-corrected chi connectivity index (χ2v) is 6.29. The number of anilines is 1. The molecule has 84 valence electrons. The number of thioether (sulfide) groups is 1. The summed E-state index contributed by atoms with van der Waals surface area (Å²) in [4.78, 5) is 0. The first-order valence-electron chi connectivity index (χ1n) is 5.11. The molecule has 0 spiro atoms. The molecule has 0 atom stereocenters. The zero-order valence-electron chi connectivity index (χ0n) is 9.51. The molecule has 15 heavy (non-hydrogen) atoms. The minimum absolute atomic E-state index is 0.182. The maximum atomic E-state index is 13.2. The van der Waals surface area contributed by atoms with E-state index in [1.807, 2.05) is 17.8 Å². The van der Waals surface area contributed by atoms with Crippen molar-refractivity contribution in [2.45, 2.75) is 25.5 Å². The van der Waals surface area contributed by atoms with Gasteiger partial charge in [0.1, 0.15) is 5.82 Å². The number of hydrogen-bond donors (Lipinski definition) is 1. The average Bonchev–Trinajstić information content (AvgIpc) is 2.13. The third kappa shape index (κ3) is 5.07. The van der Waals surface area contributed by atoms with Gasteiger partial charge in [0.05, 0.1) is 5.69 Å². The number of halogens is 1. The minimum Gasteiger partial charge on any atom is -0.382 e. The second kappa shape index (κ2) is 5.40. The molecule has 0 fully saturated rings. The molecule has 0 radical (unpaired) electrons. The highest BCUT2D eigenvalue weighted by Crippen LogP contribution is 2.22. The van der Waals surface area contributed by atoms with Crippen LogP contribution in [0.2, 0.25) is 0 Å². The Morgan fingerprint density at radius 2 is 1.93 bits per heavy atom. The Bertz CT molecular complexity index is 307. The van der Waals surface area contributed by atoms with Crippen LogP contribution in [-0.2, 0) is 0 Å². The lowest BCUT2D eigenvalue weighted by Crippen LogP contribution is -2.13. The zero-order valence-corrected chi connectivity index (χ0v) is 10.3. The standard InChI is InChI=1S/C12H18FNS/c1-12(2,3)15-9-8-14-11-7-5-4-6-10(11)13/h4-7,14H,8-9H2,1-3H3. The van der Waals surface area contributed by atoms with Crippen LogP contribution in [0.1, 0.15) is 20.8 Å². The Balaban J connectivity index is 2.30. The van der Waals surface area contributed by atoms with E-state index in [2.05, 4.69) is 26.1 Å². The summed E-state index contributed by atoms with van der Waals surface area (Å²) in [6, 6.07) is 6.77. The quantitative estimate of drug-likeness (QED) is 0.786. The van der Waals surface area contributed by atoms with Crippen LogP contribution in [0.5, 0.6) is 0 Å². The van der Waals surface area contributed by atoms with Gasteiger partial charge in [-0.1, -0.05) is 32.9 Å². The van der Waals surface area contributed by atoms with Gasteiger partial charge < -0.3 is 5.32 Å². The van der Waals surface area contributed by atoms with Gasteiger partial charge >= 0.3 is 0 Å². The van der Waals surface area contributed by atoms with E-state index in [9.17, 15) is 4.39 Å². The van der Waals surface area contributed by atoms with Gasteiger partial charge in [0, 0.05) is 17.0 Å². The van der Waals surface area contributed by atoms with E-state index < -0.39 is 0 Å². The maximum Gasteiger partial charge on any atom is 0.146 e. The fourth-order valence-corrected chi connectivity index (χ4v) is 1.96. The van der Waals surface area contributed by atoms with E-state index >= 15 is 0 Å². The lowest BCUT2D eigenvalue weighted by Gasteiger charge is -2.17. The predicted octanol–water partition coefficient (Wildman–Crippen LogP) is 3.77. The molecule has 0 amide bonds. The minimum atomic E-state index is -0.182. The monoisotopic (exact) mass is 227 g/mol. The highest BCUT2D eigenvalue weighted by Gasteiger charge is 2.09. The Labute approximate surface area is 95.5 Å². The molecule has 0 aromatic heterocycles. The van der Waals surface area contributed by atoms with Gasteiger partial charge in [0.15, 0.2) is 0 Å². The van der Waals surface area contributed by atoms with Crippen molar-refractivity contribution in [1.29, 1.82) is 0 Å². The first-order chi connectivity index (χ1) is 6.99. The van der Waals surface area contributed by atoms with Gasteiger partial charge in [0.2, 0.25) is 0 Å². The van der Waals surface area contributed by atoms with E-state index in [-0.39, 0.29) is 10.6 Å². The predicted molar refractivity (Wildman–Crippen MR) is 67.1 cm³/mol. The van der Waals surface area contributed by atoms with Crippen LogP contribution in [0.15, 0.2) is 24.3 Å². The number of para-hydroxylation sites is 1. The molecule has 0 aliphatic rings.